The summed E-state index contributed by atoms with van der Waals surface area (Å²) >= 11 is 7.59. The second-order valence-electron chi connectivity index (χ2n) is 6.99. The van der Waals surface area contributed by atoms with E-state index in [-0.39, 0.29) is 11.8 Å². The molecule has 4 rings (SSSR count). The molecule has 2 aromatic heterocycles. The highest BCUT2D eigenvalue weighted by Crippen LogP contribution is 2.37. The first-order valence-electron chi connectivity index (χ1n) is 9.04. The SMILES string of the molecule is CN(C)C(=O)c1nnc(CC2C=CCOC2)c2cc(-c3ccc(Cl)cc3)sc12. The third-order valence-electron chi connectivity index (χ3n) is 4.68. The number of carbonyl (C=O) groups excluding carboxylic acids is 1. The largest absolute Gasteiger partial charge is 0.377 e. The molecule has 1 aliphatic rings. The van der Waals surface area contributed by atoms with Gasteiger partial charge < -0.3 is 9.64 Å². The maximum Gasteiger partial charge on any atom is 0.275 e. The first-order valence-corrected chi connectivity index (χ1v) is 10.2. The Morgan fingerprint density at radius 2 is 2.07 bits per heavy atom. The van der Waals surface area contributed by atoms with Crippen molar-refractivity contribution in [1.82, 2.24) is 15.1 Å². The number of hydrogen-bond donors (Lipinski definition) is 0. The molecule has 3 heterocycles. The normalized spacial score (nSPS) is 16.5. The number of benzene rings is 1. The topological polar surface area (TPSA) is 55.3 Å². The average molecular weight is 414 g/mol. The van der Waals surface area contributed by atoms with E-state index in [4.69, 9.17) is 16.3 Å². The van der Waals surface area contributed by atoms with E-state index < -0.39 is 0 Å². The summed E-state index contributed by atoms with van der Waals surface area (Å²) in [7, 11) is 3.45. The zero-order valence-corrected chi connectivity index (χ0v) is 17.3. The Kier molecular flexibility index (Phi) is 5.44. The van der Waals surface area contributed by atoms with E-state index in [0.717, 1.165) is 32.6 Å². The van der Waals surface area contributed by atoms with Gasteiger partial charge in [-0.3, -0.25) is 4.79 Å². The van der Waals surface area contributed by atoms with Crippen LogP contribution in [0.2, 0.25) is 5.02 Å². The van der Waals surface area contributed by atoms with Crippen LogP contribution in [0.1, 0.15) is 16.2 Å². The fourth-order valence-corrected chi connectivity index (χ4v) is 4.50. The van der Waals surface area contributed by atoms with Gasteiger partial charge in [-0.05, 0) is 23.8 Å². The fourth-order valence-electron chi connectivity index (χ4n) is 3.22. The zero-order chi connectivity index (χ0) is 19.7. The van der Waals surface area contributed by atoms with E-state index in [9.17, 15) is 4.79 Å². The summed E-state index contributed by atoms with van der Waals surface area (Å²) in [6.45, 7) is 1.33. The number of carbonyl (C=O) groups is 1. The van der Waals surface area contributed by atoms with E-state index in [1.165, 1.54) is 4.90 Å². The van der Waals surface area contributed by atoms with Crippen LogP contribution in [-0.4, -0.2) is 48.3 Å². The number of amides is 1. The van der Waals surface area contributed by atoms with Gasteiger partial charge in [0.1, 0.15) is 0 Å². The number of nitrogens with zero attached hydrogens (tertiary/aromatic N) is 3. The van der Waals surface area contributed by atoms with Gasteiger partial charge in [0.25, 0.3) is 5.91 Å². The van der Waals surface area contributed by atoms with Gasteiger partial charge in [0.05, 0.1) is 23.6 Å². The summed E-state index contributed by atoms with van der Waals surface area (Å²) in [5.74, 6) is 0.120. The Balaban J connectivity index is 1.82. The molecule has 28 heavy (non-hydrogen) atoms. The molecule has 0 saturated heterocycles. The van der Waals surface area contributed by atoms with Crippen molar-refractivity contribution in [2.45, 2.75) is 6.42 Å². The summed E-state index contributed by atoms with van der Waals surface area (Å²) in [6, 6.07) is 9.81. The highest BCUT2D eigenvalue weighted by atomic mass is 35.5. The van der Waals surface area contributed by atoms with Crippen LogP contribution in [0.4, 0.5) is 0 Å². The first-order chi connectivity index (χ1) is 13.5. The second kappa shape index (κ2) is 7.99. The smallest absolute Gasteiger partial charge is 0.275 e. The number of fused-ring (bicyclic) bond motifs is 1. The van der Waals surface area contributed by atoms with E-state index >= 15 is 0 Å². The number of hydrogen-bond acceptors (Lipinski definition) is 5. The van der Waals surface area contributed by atoms with Gasteiger partial charge in [-0.1, -0.05) is 35.9 Å². The van der Waals surface area contributed by atoms with Crippen molar-refractivity contribution in [1.29, 1.82) is 0 Å². The molecule has 3 aromatic rings. The molecule has 1 aromatic carbocycles. The highest BCUT2D eigenvalue weighted by Gasteiger charge is 2.22. The van der Waals surface area contributed by atoms with Gasteiger partial charge in [0.2, 0.25) is 0 Å². The molecule has 0 spiro atoms. The molecule has 1 aliphatic heterocycles. The second-order valence-corrected chi connectivity index (χ2v) is 8.47. The lowest BCUT2D eigenvalue weighted by Crippen LogP contribution is -2.23. The van der Waals surface area contributed by atoms with Crippen molar-refractivity contribution in [2.24, 2.45) is 5.92 Å². The van der Waals surface area contributed by atoms with Crippen LogP contribution in [0.5, 0.6) is 0 Å². The summed E-state index contributed by atoms with van der Waals surface area (Å²) in [4.78, 5) is 15.2. The summed E-state index contributed by atoms with van der Waals surface area (Å²) in [5, 5.41) is 10.4. The molecule has 1 amide bonds. The number of halogens is 1. The monoisotopic (exact) mass is 413 g/mol. The summed E-state index contributed by atoms with van der Waals surface area (Å²) in [5.41, 5.74) is 2.34. The van der Waals surface area contributed by atoms with Gasteiger partial charge in [-0.15, -0.1) is 16.4 Å². The van der Waals surface area contributed by atoms with Gasteiger partial charge >= 0.3 is 0 Å². The Bertz CT molecular complexity index is 1040. The first kappa shape index (κ1) is 19.1. The molecular weight excluding hydrogens is 394 g/mol. The predicted octanol–water partition coefficient (Wildman–Crippen LogP) is 4.46. The highest BCUT2D eigenvalue weighted by molar-refractivity contribution is 7.22. The lowest BCUT2D eigenvalue weighted by atomic mass is 10.00. The van der Waals surface area contributed by atoms with Crippen molar-refractivity contribution in [2.75, 3.05) is 27.3 Å². The number of ether oxygens (including phenoxy) is 1. The van der Waals surface area contributed by atoms with E-state index in [0.29, 0.717) is 23.9 Å². The molecule has 1 atom stereocenters. The lowest BCUT2D eigenvalue weighted by Gasteiger charge is -2.17. The molecule has 1 unspecified atom stereocenters. The van der Waals surface area contributed by atoms with Crippen LogP contribution in [-0.2, 0) is 11.2 Å². The zero-order valence-electron chi connectivity index (χ0n) is 15.7. The molecule has 5 nitrogen and oxygen atoms in total. The molecular formula is C21H20ClN3O2S. The molecule has 7 heteroatoms. The summed E-state index contributed by atoms with van der Waals surface area (Å²) < 4.78 is 6.41. The Morgan fingerprint density at radius 1 is 1.29 bits per heavy atom. The average Bonchev–Trinajstić information content (AvgIpc) is 3.15. The van der Waals surface area contributed by atoms with Crippen LogP contribution in [0.15, 0.2) is 42.5 Å². The minimum absolute atomic E-state index is 0.144. The molecule has 0 fully saturated rings. The molecule has 0 aliphatic carbocycles. The maximum absolute atomic E-state index is 12.6. The van der Waals surface area contributed by atoms with Crippen LogP contribution in [0.25, 0.3) is 20.5 Å². The quantitative estimate of drug-likeness (QED) is 0.592. The molecule has 0 N–H and O–H groups in total. The van der Waals surface area contributed by atoms with Crippen molar-refractivity contribution in [3.05, 3.63) is 58.9 Å². The Hall–Kier alpha value is -2.28. The van der Waals surface area contributed by atoms with Crippen LogP contribution >= 0.6 is 22.9 Å². The van der Waals surface area contributed by atoms with Crippen molar-refractivity contribution in [3.63, 3.8) is 0 Å². The van der Waals surface area contributed by atoms with Crippen LogP contribution < -0.4 is 0 Å². The fraction of sp³-hybridized carbons (Fsp3) is 0.286. The predicted molar refractivity (Wildman–Crippen MR) is 113 cm³/mol. The van der Waals surface area contributed by atoms with Crippen LogP contribution in [0.3, 0.4) is 0 Å². The van der Waals surface area contributed by atoms with E-state index in [1.54, 1.807) is 25.4 Å². The number of aromatic nitrogens is 2. The Morgan fingerprint density at radius 3 is 2.75 bits per heavy atom. The van der Waals surface area contributed by atoms with Crippen LogP contribution in [0, 0.1) is 5.92 Å². The molecule has 0 radical (unpaired) electrons. The maximum atomic E-state index is 12.6. The number of thiophene rings is 1. The van der Waals surface area contributed by atoms with E-state index in [1.807, 2.05) is 30.3 Å². The standard InChI is InChI=1S/C21H20ClN3O2S/c1-25(2)21(26)19-20-16(11-18(28-20)14-5-7-15(22)8-6-14)17(23-24-19)10-13-4-3-9-27-12-13/h3-8,11,13H,9-10,12H2,1-2H3. The van der Waals surface area contributed by atoms with E-state index in [2.05, 4.69) is 22.3 Å². The number of rotatable bonds is 4. The van der Waals surface area contributed by atoms with Gasteiger partial charge in [0, 0.05) is 41.7 Å². The van der Waals surface area contributed by atoms with Crippen molar-refractivity contribution in [3.8, 4) is 10.4 Å². The lowest BCUT2D eigenvalue weighted by molar-refractivity contribution is 0.0823. The third-order valence-corrected chi connectivity index (χ3v) is 6.12. The molecule has 144 valence electrons. The summed E-state index contributed by atoms with van der Waals surface area (Å²) in [6.07, 6.45) is 4.94. The van der Waals surface area contributed by atoms with Crippen molar-refractivity contribution >= 4 is 38.9 Å². The van der Waals surface area contributed by atoms with Gasteiger partial charge in [-0.25, -0.2) is 0 Å². The third kappa shape index (κ3) is 3.81. The Labute approximate surface area is 172 Å². The van der Waals surface area contributed by atoms with Crippen molar-refractivity contribution < 1.29 is 9.53 Å². The molecule has 0 saturated carbocycles. The minimum atomic E-state index is -0.144. The van der Waals surface area contributed by atoms with Gasteiger partial charge in [0.15, 0.2) is 5.69 Å². The van der Waals surface area contributed by atoms with Gasteiger partial charge in [-0.2, -0.15) is 5.10 Å². The molecule has 0 bridgehead atoms. The minimum Gasteiger partial charge on any atom is -0.377 e.